The van der Waals surface area contributed by atoms with Crippen LogP contribution >= 0.6 is 0 Å². The summed E-state index contributed by atoms with van der Waals surface area (Å²) >= 11 is 0. The molecule has 1 aromatic rings. The predicted octanol–water partition coefficient (Wildman–Crippen LogP) is 4.52. The maximum absolute atomic E-state index is 14.6. The highest BCUT2D eigenvalue weighted by atomic mass is 19.2. The Morgan fingerprint density at radius 2 is 1.85 bits per heavy atom. The molecule has 1 aromatic carbocycles. The van der Waals surface area contributed by atoms with Crippen LogP contribution in [0.1, 0.15) is 64.9 Å². The van der Waals surface area contributed by atoms with Gasteiger partial charge in [-0.2, -0.15) is 0 Å². The lowest BCUT2D eigenvalue weighted by molar-refractivity contribution is -0.140. The lowest BCUT2D eigenvalue weighted by Crippen LogP contribution is -2.58. The van der Waals surface area contributed by atoms with E-state index >= 15 is 0 Å². The Balaban J connectivity index is 2.22. The molecule has 2 rings (SSSR count). The second-order valence-electron chi connectivity index (χ2n) is 9.34. The molecule has 0 saturated carbocycles. The molecular formula is C25H33F3N2O4. The Morgan fingerprint density at radius 3 is 2.50 bits per heavy atom. The van der Waals surface area contributed by atoms with Crippen LogP contribution in [0.4, 0.5) is 18.0 Å². The summed E-state index contributed by atoms with van der Waals surface area (Å²) in [6.45, 7) is 7.76. The zero-order valence-corrected chi connectivity index (χ0v) is 20.1. The molecule has 0 bridgehead atoms. The van der Waals surface area contributed by atoms with E-state index in [1.165, 1.54) is 4.90 Å². The lowest BCUT2D eigenvalue weighted by Gasteiger charge is -2.43. The molecule has 3 unspecified atom stereocenters. The first-order chi connectivity index (χ1) is 16.0. The van der Waals surface area contributed by atoms with Gasteiger partial charge in [0.1, 0.15) is 17.5 Å². The van der Waals surface area contributed by atoms with E-state index in [4.69, 9.17) is 15.9 Å². The molecule has 34 heavy (non-hydrogen) atoms. The van der Waals surface area contributed by atoms with Crippen LogP contribution in [0.15, 0.2) is 12.1 Å². The third kappa shape index (κ3) is 7.39. The second-order valence-corrected chi connectivity index (χ2v) is 9.34. The molecule has 2 amide bonds. The fraction of sp³-hybridized carbons (Fsp3) is 0.600. The average Bonchev–Trinajstić information content (AvgIpc) is 2.74. The number of amides is 2. The monoisotopic (exact) mass is 482 g/mol. The van der Waals surface area contributed by atoms with Crippen LogP contribution in [0.2, 0.25) is 0 Å². The smallest absolute Gasteiger partial charge is 0.408 e. The number of ether oxygens (including phenoxy) is 2. The summed E-state index contributed by atoms with van der Waals surface area (Å²) in [6.07, 6.45) is 6.07. The van der Waals surface area contributed by atoms with Gasteiger partial charge in [0.2, 0.25) is 5.91 Å². The Morgan fingerprint density at radius 1 is 1.21 bits per heavy atom. The van der Waals surface area contributed by atoms with Gasteiger partial charge in [-0.15, -0.1) is 12.3 Å². The Hall–Kier alpha value is -2.73. The van der Waals surface area contributed by atoms with Gasteiger partial charge in [-0.3, -0.25) is 4.79 Å². The number of carbonyl (C=O) groups is 2. The number of terminal acetylenes is 1. The van der Waals surface area contributed by atoms with Gasteiger partial charge < -0.3 is 19.7 Å². The van der Waals surface area contributed by atoms with Crippen molar-refractivity contribution in [1.82, 2.24) is 10.2 Å². The quantitative estimate of drug-likeness (QED) is 0.319. The van der Waals surface area contributed by atoms with Crippen molar-refractivity contribution in [2.75, 3.05) is 19.8 Å². The Bertz CT molecular complexity index is 911. The van der Waals surface area contributed by atoms with Gasteiger partial charge in [-0.1, -0.05) is 0 Å². The number of nitrogens with one attached hydrogen (secondary N) is 1. The molecule has 0 radical (unpaired) electrons. The van der Waals surface area contributed by atoms with E-state index in [1.54, 1.807) is 27.7 Å². The molecule has 1 aliphatic rings. The highest BCUT2D eigenvalue weighted by molar-refractivity contribution is 5.87. The number of benzene rings is 1. The van der Waals surface area contributed by atoms with E-state index in [-0.39, 0.29) is 13.0 Å². The number of piperidine rings is 1. The van der Waals surface area contributed by atoms with E-state index in [0.29, 0.717) is 26.1 Å². The van der Waals surface area contributed by atoms with Crippen LogP contribution in [-0.4, -0.2) is 54.3 Å². The minimum absolute atomic E-state index is 0.102. The maximum Gasteiger partial charge on any atom is 0.408 e. The molecule has 0 spiro atoms. The van der Waals surface area contributed by atoms with Crippen LogP contribution in [0, 0.1) is 29.8 Å². The third-order valence-corrected chi connectivity index (χ3v) is 5.58. The molecule has 1 aliphatic heterocycles. The topological polar surface area (TPSA) is 67.9 Å². The van der Waals surface area contributed by atoms with E-state index in [2.05, 4.69) is 11.2 Å². The van der Waals surface area contributed by atoms with Gasteiger partial charge in [-0.25, -0.2) is 18.0 Å². The summed E-state index contributed by atoms with van der Waals surface area (Å²) in [5, 5.41) is 2.51. The molecule has 1 N–H and O–H groups in total. The molecule has 188 valence electrons. The zero-order valence-electron chi connectivity index (χ0n) is 20.1. The summed E-state index contributed by atoms with van der Waals surface area (Å²) in [5.41, 5.74) is -1.24. The van der Waals surface area contributed by atoms with E-state index in [9.17, 15) is 22.8 Å². The van der Waals surface area contributed by atoms with Crippen molar-refractivity contribution in [2.45, 2.75) is 77.0 Å². The Kier molecular flexibility index (Phi) is 9.80. The first-order valence-electron chi connectivity index (χ1n) is 11.4. The van der Waals surface area contributed by atoms with Crippen molar-refractivity contribution in [2.24, 2.45) is 0 Å². The number of hydrogen-bond acceptors (Lipinski definition) is 4. The Labute approximate surface area is 199 Å². The normalized spacial score (nSPS) is 20.7. The third-order valence-electron chi connectivity index (χ3n) is 5.58. The molecular weight excluding hydrogens is 449 g/mol. The van der Waals surface area contributed by atoms with Crippen molar-refractivity contribution in [3.05, 3.63) is 35.1 Å². The van der Waals surface area contributed by atoms with E-state index in [0.717, 1.165) is 18.6 Å². The SMILES string of the molecule is C#CCCCOCCCN1C(=O)C(NC(=O)OC(C)(C)C)CC(c2c(F)ccc(F)c2F)C1C. The second kappa shape index (κ2) is 12.1. The van der Waals surface area contributed by atoms with Crippen molar-refractivity contribution < 1.29 is 32.2 Å². The number of nitrogens with zero attached hydrogens (tertiary/aromatic N) is 1. The van der Waals surface area contributed by atoms with Crippen LogP contribution in [0.5, 0.6) is 0 Å². The van der Waals surface area contributed by atoms with Crippen molar-refractivity contribution in [1.29, 1.82) is 0 Å². The van der Waals surface area contributed by atoms with Gasteiger partial charge >= 0.3 is 6.09 Å². The molecule has 1 heterocycles. The largest absolute Gasteiger partial charge is 0.444 e. The average molecular weight is 483 g/mol. The molecule has 9 heteroatoms. The fourth-order valence-electron chi connectivity index (χ4n) is 4.01. The number of alkyl carbamates (subject to hydrolysis) is 1. The molecule has 0 aromatic heterocycles. The number of halogens is 3. The molecule has 0 aliphatic carbocycles. The minimum Gasteiger partial charge on any atom is -0.444 e. The summed E-state index contributed by atoms with van der Waals surface area (Å²) < 4.78 is 54.0. The lowest BCUT2D eigenvalue weighted by atomic mass is 9.81. The maximum atomic E-state index is 14.6. The van der Waals surface area contributed by atoms with Gasteiger partial charge in [0.15, 0.2) is 11.6 Å². The number of likely N-dealkylation sites (tertiary alicyclic amines) is 1. The van der Waals surface area contributed by atoms with Crippen LogP contribution in [-0.2, 0) is 14.3 Å². The number of rotatable bonds is 9. The first kappa shape index (κ1) is 27.5. The van der Waals surface area contributed by atoms with E-state index in [1.807, 2.05) is 0 Å². The van der Waals surface area contributed by atoms with Gasteiger partial charge in [0.05, 0.1) is 0 Å². The fourth-order valence-corrected chi connectivity index (χ4v) is 4.01. The minimum atomic E-state index is -1.29. The molecule has 6 nitrogen and oxygen atoms in total. The van der Waals surface area contributed by atoms with Gasteiger partial charge in [0.25, 0.3) is 0 Å². The standard InChI is InChI=1S/C25H33F3N2O4/c1-6-7-8-13-33-14-9-12-30-16(2)17(21-18(26)10-11-19(27)22(21)28)15-20(23(30)31)29-24(32)34-25(3,4)5/h1,10-11,16-17,20H,7-9,12-15H2,2-5H3,(H,29,32). The van der Waals surface area contributed by atoms with Crippen LogP contribution < -0.4 is 5.32 Å². The first-order valence-corrected chi connectivity index (χ1v) is 11.4. The summed E-state index contributed by atoms with van der Waals surface area (Å²) in [7, 11) is 0. The number of unbranched alkanes of at least 4 members (excludes halogenated alkanes) is 1. The number of carbonyl (C=O) groups excluding carboxylic acids is 2. The number of hydrogen-bond donors (Lipinski definition) is 1. The predicted molar refractivity (Wildman–Crippen MR) is 122 cm³/mol. The van der Waals surface area contributed by atoms with Crippen molar-refractivity contribution in [3.63, 3.8) is 0 Å². The van der Waals surface area contributed by atoms with Gasteiger partial charge in [0, 0.05) is 43.7 Å². The highest BCUT2D eigenvalue weighted by Crippen LogP contribution is 2.37. The van der Waals surface area contributed by atoms with Crippen molar-refractivity contribution >= 4 is 12.0 Å². The zero-order chi connectivity index (χ0) is 25.5. The highest BCUT2D eigenvalue weighted by Gasteiger charge is 2.43. The van der Waals surface area contributed by atoms with E-state index < -0.39 is 58.6 Å². The van der Waals surface area contributed by atoms with Gasteiger partial charge in [-0.05, 0) is 59.1 Å². The molecule has 3 atom stereocenters. The summed E-state index contributed by atoms with van der Waals surface area (Å²) in [4.78, 5) is 27.0. The van der Waals surface area contributed by atoms with Crippen LogP contribution in [0.3, 0.4) is 0 Å². The molecule has 1 saturated heterocycles. The summed E-state index contributed by atoms with van der Waals surface area (Å²) in [5.74, 6) is -2.14. The molecule has 1 fully saturated rings. The van der Waals surface area contributed by atoms with Crippen molar-refractivity contribution in [3.8, 4) is 12.3 Å². The summed E-state index contributed by atoms with van der Waals surface area (Å²) in [6, 6.07) is -0.147. The van der Waals surface area contributed by atoms with Crippen LogP contribution in [0.25, 0.3) is 0 Å².